The van der Waals surface area contributed by atoms with Crippen molar-refractivity contribution in [2.45, 2.75) is 64.8 Å². The number of rotatable bonds is 14. The van der Waals surface area contributed by atoms with Crippen molar-refractivity contribution in [2.24, 2.45) is 5.92 Å². The summed E-state index contributed by atoms with van der Waals surface area (Å²) in [7, 11) is 4.83. The minimum atomic E-state index is -0.965. The fraction of sp³-hybridized carbons (Fsp3) is 0.882. The lowest BCUT2D eigenvalue weighted by Gasteiger charge is -2.32. The van der Waals surface area contributed by atoms with Crippen LogP contribution in [0.4, 0.5) is 0 Å². The standard InChI is InChI=1S/C17H34O4/c1-6-8-9-10-11-12-16(15-21-13-7-2)14-17(18-3,19-4)20-5/h7,13,16H,6,8-12,14-15H2,1-5H3. The lowest BCUT2D eigenvalue weighted by atomic mass is 9.96. The van der Waals surface area contributed by atoms with Crippen LogP contribution in [0.3, 0.4) is 0 Å². The summed E-state index contributed by atoms with van der Waals surface area (Å²) in [6, 6.07) is 0. The van der Waals surface area contributed by atoms with E-state index in [-0.39, 0.29) is 0 Å². The molecule has 0 spiro atoms. The molecule has 21 heavy (non-hydrogen) atoms. The lowest BCUT2D eigenvalue weighted by molar-refractivity contribution is -0.360. The fourth-order valence-electron chi connectivity index (χ4n) is 2.42. The molecule has 0 aliphatic rings. The molecule has 1 atom stereocenters. The molecule has 1 unspecified atom stereocenters. The van der Waals surface area contributed by atoms with E-state index in [9.17, 15) is 0 Å². The van der Waals surface area contributed by atoms with Crippen molar-refractivity contribution in [3.05, 3.63) is 12.3 Å². The number of methoxy groups -OCH3 is 3. The first-order valence-electron chi connectivity index (χ1n) is 8.06. The monoisotopic (exact) mass is 302 g/mol. The summed E-state index contributed by atoms with van der Waals surface area (Å²) in [6.45, 7) is 4.84. The van der Waals surface area contributed by atoms with Gasteiger partial charge in [0.2, 0.25) is 0 Å². The average Bonchev–Trinajstić information content (AvgIpc) is 2.52. The van der Waals surface area contributed by atoms with Crippen molar-refractivity contribution in [3.8, 4) is 0 Å². The highest BCUT2D eigenvalue weighted by atomic mass is 16.9. The Bertz CT molecular complexity index is 241. The summed E-state index contributed by atoms with van der Waals surface area (Å²) in [4.78, 5) is 0. The highest BCUT2D eigenvalue weighted by Gasteiger charge is 2.33. The lowest BCUT2D eigenvalue weighted by Crippen LogP contribution is -2.39. The van der Waals surface area contributed by atoms with Gasteiger partial charge in [-0.2, -0.15) is 0 Å². The number of hydrogen-bond acceptors (Lipinski definition) is 4. The number of ether oxygens (including phenoxy) is 4. The van der Waals surface area contributed by atoms with E-state index in [1.54, 1.807) is 27.6 Å². The molecule has 0 saturated carbocycles. The molecular weight excluding hydrogens is 268 g/mol. The van der Waals surface area contributed by atoms with Crippen molar-refractivity contribution in [3.63, 3.8) is 0 Å². The van der Waals surface area contributed by atoms with Crippen LogP contribution in [0.1, 0.15) is 58.8 Å². The summed E-state index contributed by atoms with van der Waals surface area (Å²) in [5.74, 6) is -0.615. The zero-order chi connectivity index (χ0) is 16.0. The van der Waals surface area contributed by atoms with Crippen molar-refractivity contribution < 1.29 is 18.9 Å². The minimum absolute atomic E-state index is 0.350. The molecule has 126 valence electrons. The molecule has 0 aromatic rings. The Morgan fingerprint density at radius 2 is 1.57 bits per heavy atom. The number of allylic oxidation sites excluding steroid dienone is 1. The molecule has 0 aromatic carbocycles. The average molecular weight is 302 g/mol. The second kappa shape index (κ2) is 13.1. The molecule has 0 heterocycles. The second-order valence-electron chi connectivity index (χ2n) is 5.37. The molecule has 0 radical (unpaired) electrons. The fourth-order valence-corrected chi connectivity index (χ4v) is 2.42. The van der Waals surface area contributed by atoms with Crippen LogP contribution in [0.25, 0.3) is 0 Å². The molecule has 0 bridgehead atoms. The van der Waals surface area contributed by atoms with Crippen LogP contribution in [0.2, 0.25) is 0 Å². The van der Waals surface area contributed by atoms with Gasteiger partial charge in [0, 0.05) is 33.7 Å². The van der Waals surface area contributed by atoms with E-state index >= 15 is 0 Å². The summed E-state index contributed by atoms with van der Waals surface area (Å²) in [6.07, 6.45) is 11.8. The topological polar surface area (TPSA) is 36.9 Å². The Balaban J connectivity index is 4.35. The number of unbranched alkanes of at least 4 members (excludes halogenated alkanes) is 4. The smallest absolute Gasteiger partial charge is 0.282 e. The Morgan fingerprint density at radius 3 is 2.10 bits per heavy atom. The Morgan fingerprint density at radius 1 is 0.952 bits per heavy atom. The molecule has 0 amide bonds. The summed E-state index contributed by atoms with van der Waals surface area (Å²) in [5, 5.41) is 0. The van der Waals surface area contributed by atoms with E-state index in [1.807, 2.05) is 13.0 Å². The molecule has 0 N–H and O–H groups in total. The highest BCUT2D eigenvalue weighted by Crippen LogP contribution is 2.26. The van der Waals surface area contributed by atoms with Crippen molar-refractivity contribution in [1.82, 2.24) is 0 Å². The van der Waals surface area contributed by atoms with Crippen LogP contribution >= 0.6 is 0 Å². The van der Waals surface area contributed by atoms with Gasteiger partial charge in [0.1, 0.15) is 0 Å². The Labute approximate surface area is 130 Å². The van der Waals surface area contributed by atoms with E-state index < -0.39 is 5.97 Å². The normalized spacial score (nSPS) is 13.8. The van der Waals surface area contributed by atoms with Gasteiger partial charge >= 0.3 is 0 Å². The van der Waals surface area contributed by atoms with Gasteiger partial charge in [-0.05, 0) is 13.3 Å². The third-order valence-corrected chi connectivity index (χ3v) is 3.75. The van der Waals surface area contributed by atoms with E-state index in [0.29, 0.717) is 18.9 Å². The highest BCUT2D eigenvalue weighted by molar-refractivity contribution is 4.70. The molecule has 0 aliphatic heterocycles. The largest absolute Gasteiger partial charge is 0.501 e. The first-order chi connectivity index (χ1) is 10.2. The van der Waals surface area contributed by atoms with Crippen molar-refractivity contribution in [1.29, 1.82) is 0 Å². The maximum Gasteiger partial charge on any atom is 0.282 e. The van der Waals surface area contributed by atoms with E-state index in [2.05, 4.69) is 6.92 Å². The summed E-state index contributed by atoms with van der Waals surface area (Å²) < 4.78 is 21.8. The van der Waals surface area contributed by atoms with Gasteiger partial charge in [0.15, 0.2) is 0 Å². The molecule has 0 aromatic heterocycles. The Kier molecular flexibility index (Phi) is 12.7. The van der Waals surface area contributed by atoms with Gasteiger partial charge in [-0.1, -0.05) is 45.1 Å². The van der Waals surface area contributed by atoms with Gasteiger partial charge in [0.25, 0.3) is 5.97 Å². The maximum atomic E-state index is 5.56. The van der Waals surface area contributed by atoms with E-state index in [1.165, 1.54) is 32.1 Å². The van der Waals surface area contributed by atoms with Gasteiger partial charge < -0.3 is 18.9 Å². The zero-order valence-corrected chi connectivity index (χ0v) is 14.5. The molecule has 0 saturated heterocycles. The minimum Gasteiger partial charge on any atom is -0.501 e. The first-order valence-corrected chi connectivity index (χ1v) is 8.06. The van der Waals surface area contributed by atoms with Crippen molar-refractivity contribution in [2.75, 3.05) is 27.9 Å². The van der Waals surface area contributed by atoms with Crippen LogP contribution < -0.4 is 0 Å². The first kappa shape index (κ1) is 20.4. The van der Waals surface area contributed by atoms with Gasteiger partial charge in [-0.15, -0.1) is 0 Å². The number of hydrogen-bond donors (Lipinski definition) is 0. The third-order valence-electron chi connectivity index (χ3n) is 3.75. The van der Waals surface area contributed by atoms with Gasteiger partial charge in [-0.3, -0.25) is 0 Å². The molecule has 0 rings (SSSR count). The zero-order valence-electron chi connectivity index (χ0n) is 14.5. The summed E-state index contributed by atoms with van der Waals surface area (Å²) >= 11 is 0. The maximum absolute atomic E-state index is 5.56. The Hall–Kier alpha value is -0.580. The van der Waals surface area contributed by atoms with Crippen molar-refractivity contribution >= 4 is 0 Å². The van der Waals surface area contributed by atoms with Crippen LogP contribution in [-0.4, -0.2) is 33.9 Å². The second-order valence-corrected chi connectivity index (χ2v) is 5.37. The predicted octanol–water partition coefficient (Wildman–Crippen LogP) is 4.50. The van der Waals surface area contributed by atoms with Crippen LogP contribution in [0.5, 0.6) is 0 Å². The molecule has 4 nitrogen and oxygen atoms in total. The van der Waals surface area contributed by atoms with Gasteiger partial charge in [-0.25, -0.2) is 0 Å². The summed E-state index contributed by atoms with van der Waals surface area (Å²) in [5.41, 5.74) is 0. The van der Waals surface area contributed by atoms with E-state index in [0.717, 1.165) is 6.42 Å². The van der Waals surface area contributed by atoms with Crippen LogP contribution in [0, 0.1) is 5.92 Å². The van der Waals surface area contributed by atoms with Crippen LogP contribution in [-0.2, 0) is 18.9 Å². The van der Waals surface area contributed by atoms with Crippen LogP contribution in [0.15, 0.2) is 12.3 Å². The van der Waals surface area contributed by atoms with Gasteiger partial charge in [0.05, 0.1) is 12.9 Å². The quantitative estimate of drug-likeness (QED) is 0.269. The molecule has 4 heteroatoms. The molecule has 0 fully saturated rings. The molecule has 0 aliphatic carbocycles. The third kappa shape index (κ3) is 9.12. The van der Waals surface area contributed by atoms with E-state index in [4.69, 9.17) is 18.9 Å². The SMILES string of the molecule is CC=COCC(CCCCCCC)CC(OC)(OC)OC. The molecular formula is C17H34O4. The predicted molar refractivity (Wildman–Crippen MR) is 86.0 cm³/mol.